The summed E-state index contributed by atoms with van der Waals surface area (Å²) in [5, 5.41) is 11.3. The van der Waals surface area contributed by atoms with E-state index in [4.69, 9.17) is 4.42 Å². The first-order valence-corrected chi connectivity index (χ1v) is 9.39. The fourth-order valence-corrected chi connectivity index (χ4v) is 2.94. The standard InChI is InChI=1S/C22H26N4O2/c1-16-9-11-18(12-10-16)22-25-24-21(28-22)14-13-20(27)23-19(15-26(2)3)17-7-5-4-6-8-17/h4-12,19H,13-15H2,1-3H3,(H,23,27)/t19-/m0/s1. The Morgan fingerprint density at radius 1 is 1.07 bits per heavy atom. The van der Waals surface area contributed by atoms with Gasteiger partial charge < -0.3 is 14.6 Å². The minimum atomic E-state index is -0.0606. The zero-order valence-electron chi connectivity index (χ0n) is 16.6. The van der Waals surface area contributed by atoms with Gasteiger partial charge >= 0.3 is 0 Å². The molecule has 0 unspecified atom stereocenters. The summed E-state index contributed by atoms with van der Waals surface area (Å²) < 4.78 is 5.70. The summed E-state index contributed by atoms with van der Waals surface area (Å²) in [7, 11) is 3.99. The molecule has 0 fully saturated rings. The lowest BCUT2D eigenvalue weighted by molar-refractivity contribution is -0.122. The lowest BCUT2D eigenvalue weighted by atomic mass is 10.1. The van der Waals surface area contributed by atoms with E-state index >= 15 is 0 Å². The lowest BCUT2D eigenvalue weighted by Crippen LogP contribution is -2.35. The molecule has 6 nitrogen and oxygen atoms in total. The lowest BCUT2D eigenvalue weighted by Gasteiger charge is -2.22. The van der Waals surface area contributed by atoms with E-state index in [-0.39, 0.29) is 11.9 Å². The highest BCUT2D eigenvalue weighted by atomic mass is 16.4. The molecule has 0 bridgehead atoms. The van der Waals surface area contributed by atoms with Crippen molar-refractivity contribution in [3.05, 3.63) is 71.6 Å². The van der Waals surface area contributed by atoms with Gasteiger partial charge in [0.2, 0.25) is 17.7 Å². The second-order valence-corrected chi connectivity index (χ2v) is 7.16. The Labute approximate surface area is 165 Å². The summed E-state index contributed by atoms with van der Waals surface area (Å²) in [5.41, 5.74) is 3.14. The summed E-state index contributed by atoms with van der Waals surface area (Å²) in [4.78, 5) is 14.5. The molecule has 1 heterocycles. The van der Waals surface area contributed by atoms with Crippen molar-refractivity contribution in [3.63, 3.8) is 0 Å². The quantitative estimate of drug-likeness (QED) is 0.650. The van der Waals surface area contributed by atoms with Crippen molar-refractivity contribution in [1.82, 2.24) is 20.4 Å². The maximum atomic E-state index is 12.5. The molecule has 2 aromatic carbocycles. The molecule has 1 atom stereocenters. The van der Waals surface area contributed by atoms with Gasteiger partial charge in [0, 0.05) is 24.9 Å². The van der Waals surface area contributed by atoms with Gasteiger partial charge in [-0.25, -0.2) is 0 Å². The van der Waals surface area contributed by atoms with Gasteiger partial charge in [0.15, 0.2) is 0 Å². The van der Waals surface area contributed by atoms with Gasteiger partial charge in [0.25, 0.3) is 0 Å². The molecule has 1 amide bonds. The molecule has 1 aromatic heterocycles. The van der Waals surface area contributed by atoms with Crippen molar-refractivity contribution in [2.45, 2.75) is 25.8 Å². The molecule has 3 aromatic rings. The number of amides is 1. The average Bonchev–Trinajstić information content (AvgIpc) is 3.16. The van der Waals surface area contributed by atoms with Crippen LogP contribution in [0.3, 0.4) is 0 Å². The van der Waals surface area contributed by atoms with Crippen molar-refractivity contribution in [1.29, 1.82) is 0 Å². The third kappa shape index (κ3) is 5.50. The number of rotatable bonds is 8. The van der Waals surface area contributed by atoms with E-state index in [1.54, 1.807) is 0 Å². The first kappa shape index (κ1) is 19.8. The Balaban J connectivity index is 1.58. The van der Waals surface area contributed by atoms with Crippen LogP contribution in [0.1, 0.15) is 29.5 Å². The number of aromatic nitrogens is 2. The van der Waals surface area contributed by atoms with Crippen LogP contribution in [0.5, 0.6) is 0 Å². The number of benzene rings is 2. The van der Waals surface area contributed by atoms with Gasteiger partial charge in [-0.2, -0.15) is 0 Å². The predicted molar refractivity (Wildman–Crippen MR) is 109 cm³/mol. The van der Waals surface area contributed by atoms with Crippen LogP contribution >= 0.6 is 0 Å². The van der Waals surface area contributed by atoms with Crippen molar-refractivity contribution in [2.75, 3.05) is 20.6 Å². The summed E-state index contributed by atoms with van der Waals surface area (Å²) in [5.74, 6) is 0.908. The van der Waals surface area contributed by atoms with Crippen molar-refractivity contribution in [2.24, 2.45) is 0 Å². The van der Waals surface area contributed by atoms with Crippen LogP contribution in [0, 0.1) is 6.92 Å². The normalized spacial score (nSPS) is 12.1. The molecule has 146 valence electrons. The third-order valence-corrected chi connectivity index (χ3v) is 4.42. The number of likely N-dealkylation sites (N-methyl/N-ethyl adjacent to an activating group) is 1. The second kappa shape index (κ2) is 9.28. The molecule has 0 aliphatic heterocycles. The van der Waals surface area contributed by atoms with Crippen LogP contribution in [0.4, 0.5) is 0 Å². The first-order valence-electron chi connectivity index (χ1n) is 9.39. The number of nitrogens with zero attached hydrogens (tertiary/aromatic N) is 3. The molecular weight excluding hydrogens is 352 g/mol. The van der Waals surface area contributed by atoms with Crippen molar-refractivity contribution >= 4 is 5.91 Å². The van der Waals surface area contributed by atoms with Crippen LogP contribution in [0.2, 0.25) is 0 Å². The molecular formula is C22H26N4O2. The van der Waals surface area contributed by atoms with E-state index in [0.29, 0.717) is 24.6 Å². The van der Waals surface area contributed by atoms with Crippen molar-refractivity contribution < 1.29 is 9.21 Å². The Morgan fingerprint density at radius 3 is 2.46 bits per heavy atom. The summed E-state index contributed by atoms with van der Waals surface area (Å²) >= 11 is 0. The molecule has 0 aliphatic rings. The van der Waals surface area contributed by atoms with Crippen LogP contribution in [-0.2, 0) is 11.2 Å². The molecule has 28 heavy (non-hydrogen) atoms. The van der Waals surface area contributed by atoms with Crippen LogP contribution in [-0.4, -0.2) is 41.6 Å². The molecule has 6 heteroatoms. The molecule has 0 spiro atoms. The van der Waals surface area contributed by atoms with Gasteiger partial charge in [0.1, 0.15) is 0 Å². The average molecular weight is 378 g/mol. The van der Waals surface area contributed by atoms with E-state index in [1.165, 1.54) is 5.56 Å². The topological polar surface area (TPSA) is 71.3 Å². The number of carbonyl (C=O) groups is 1. The zero-order chi connectivity index (χ0) is 19.9. The Hall–Kier alpha value is -2.99. The minimum Gasteiger partial charge on any atom is -0.421 e. The highest BCUT2D eigenvalue weighted by molar-refractivity contribution is 5.76. The summed E-state index contributed by atoms with van der Waals surface area (Å²) in [6.07, 6.45) is 0.709. The number of hydrogen-bond acceptors (Lipinski definition) is 5. The Morgan fingerprint density at radius 2 is 1.79 bits per heavy atom. The molecule has 1 N–H and O–H groups in total. The van der Waals surface area contributed by atoms with E-state index in [2.05, 4.69) is 20.4 Å². The van der Waals surface area contributed by atoms with Gasteiger partial charge in [-0.1, -0.05) is 48.0 Å². The molecule has 0 saturated heterocycles. The largest absolute Gasteiger partial charge is 0.421 e. The van der Waals surface area contributed by atoms with E-state index in [0.717, 1.165) is 17.7 Å². The number of aryl methyl sites for hydroxylation is 2. The van der Waals surface area contributed by atoms with Crippen LogP contribution < -0.4 is 5.32 Å². The third-order valence-electron chi connectivity index (χ3n) is 4.42. The number of hydrogen-bond donors (Lipinski definition) is 1. The van der Waals surface area contributed by atoms with Crippen molar-refractivity contribution in [3.8, 4) is 11.5 Å². The van der Waals surface area contributed by atoms with E-state index in [1.807, 2.05) is 75.6 Å². The Bertz CT molecular complexity index is 888. The van der Waals surface area contributed by atoms with E-state index < -0.39 is 0 Å². The SMILES string of the molecule is Cc1ccc(-c2nnc(CCC(=O)N[C@@H](CN(C)C)c3ccccc3)o2)cc1. The smallest absolute Gasteiger partial charge is 0.247 e. The fourth-order valence-electron chi connectivity index (χ4n) is 2.94. The summed E-state index contributed by atoms with van der Waals surface area (Å²) in [6.45, 7) is 2.76. The van der Waals surface area contributed by atoms with E-state index in [9.17, 15) is 4.79 Å². The Kier molecular flexibility index (Phi) is 6.55. The maximum Gasteiger partial charge on any atom is 0.247 e. The van der Waals surface area contributed by atoms with Gasteiger partial charge in [-0.05, 0) is 38.7 Å². The summed E-state index contributed by atoms with van der Waals surface area (Å²) in [6, 6.07) is 17.8. The highest BCUT2D eigenvalue weighted by Crippen LogP contribution is 2.19. The molecule has 3 rings (SSSR count). The zero-order valence-corrected chi connectivity index (χ0v) is 16.6. The van der Waals surface area contributed by atoms with Gasteiger partial charge in [-0.3, -0.25) is 4.79 Å². The monoisotopic (exact) mass is 378 g/mol. The van der Waals surface area contributed by atoms with Gasteiger partial charge in [0.05, 0.1) is 6.04 Å². The highest BCUT2D eigenvalue weighted by Gasteiger charge is 2.16. The maximum absolute atomic E-state index is 12.5. The van der Waals surface area contributed by atoms with Crippen LogP contribution in [0.25, 0.3) is 11.5 Å². The second-order valence-electron chi connectivity index (χ2n) is 7.16. The first-order chi connectivity index (χ1) is 13.5. The minimum absolute atomic E-state index is 0.0363. The van der Waals surface area contributed by atoms with Crippen LogP contribution in [0.15, 0.2) is 59.0 Å². The molecule has 0 saturated carbocycles. The number of nitrogens with one attached hydrogen (secondary N) is 1. The number of carbonyl (C=O) groups excluding carboxylic acids is 1. The fraction of sp³-hybridized carbons (Fsp3) is 0.318. The van der Waals surface area contributed by atoms with Gasteiger partial charge in [-0.15, -0.1) is 10.2 Å². The predicted octanol–water partition coefficient (Wildman–Crippen LogP) is 3.40. The molecule has 0 aliphatic carbocycles. The molecule has 0 radical (unpaired) electrons.